The first-order chi connectivity index (χ1) is 8.64. The molecule has 1 N–H and O–H groups in total. The van der Waals surface area contributed by atoms with Gasteiger partial charge in [0.1, 0.15) is 11.6 Å². The Labute approximate surface area is 107 Å². The molecule has 1 saturated carbocycles. The van der Waals surface area contributed by atoms with E-state index in [-0.39, 0.29) is 23.9 Å². The molecular formula is C13H21NO4. The number of piperidine rings is 1. The van der Waals surface area contributed by atoms with Crippen molar-refractivity contribution >= 4 is 11.9 Å². The molecule has 2 rings (SSSR count). The summed E-state index contributed by atoms with van der Waals surface area (Å²) in [7, 11) is 0. The fraction of sp³-hybridized carbons (Fsp3) is 0.846. The van der Waals surface area contributed by atoms with Crippen LogP contribution < -0.4 is 5.32 Å². The minimum atomic E-state index is -0.592. The first kappa shape index (κ1) is 13.3. The summed E-state index contributed by atoms with van der Waals surface area (Å²) in [5, 5.41) is 3.10. The van der Waals surface area contributed by atoms with Crippen molar-refractivity contribution in [1.82, 2.24) is 5.32 Å². The van der Waals surface area contributed by atoms with Crippen LogP contribution in [0.3, 0.4) is 0 Å². The lowest BCUT2D eigenvalue weighted by Gasteiger charge is -2.17. The Morgan fingerprint density at radius 1 is 1.33 bits per heavy atom. The molecule has 0 aromatic carbocycles. The molecule has 2 fully saturated rings. The van der Waals surface area contributed by atoms with Crippen molar-refractivity contribution in [2.24, 2.45) is 5.92 Å². The lowest BCUT2D eigenvalue weighted by atomic mass is 10.2. The van der Waals surface area contributed by atoms with Gasteiger partial charge in [-0.25, -0.2) is 0 Å². The summed E-state index contributed by atoms with van der Waals surface area (Å²) < 4.78 is 10.2. The van der Waals surface area contributed by atoms with Crippen molar-refractivity contribution in [3.8, 4) is 0 Å². The van der Waals surface area contributed by atoms with Crippen LogP contribution in [-0.4, -0.2) is 36.7 Å². The third kappa shape index (κ3) is 2.36. The van der Waals surface area contributed by atoms with Crippen LogP contribution in [0, 0.1) is 5.92 Å². The fourth-order valence-electron chi connectivity index (χ4n) is 2.59. The van der Waals surface area contributed by atoms with E-state index in [4.69, 9.17) is 9.47 Å². The second-order valence-corrected chi connectivity index (χ2v) is 5.05. The number of carbonyl (C=O) groups excluding carboxylic acids is 2. The number of nitrogens with one attached hydrogen (secondary N) is 1. The number of ether oxygens (including phenoxy) is 2. The second kappa shape index (κ2) is 5.26. The van der Waals surface area contributed by atoms with Gasteiger partial charge in [-0.2, -0.15) is 0 Å². The van der Waals surface area contributed by atoms with E-state index in [2.05, 4.69) is 12.2 Å². The summed E-state index contributed by atoms with van der Waals surface area (Å²) in [4.78, 5) is 23.6. The van der Waals surface area contributed by atoms with Crippen LogP contribution >= 0.6 is 0 Å². The van der Waals surface area contributed by atoms with Gasteiger partial charge >= 0.3 is 11.9 Å². The van der Waals surface area contributed by atoms with E-state index in [9.17, 15) is 9.59 Å². The normalized spacial score (nSPS) is 32.8. The van der Waals surface area contributed by atoms with Gasteiger partial charge in [-0.05, 0) is 32.1 Å². The standard InChI is InChI=1S/C13H21NO4/c1-3-5-6-18-12(16)13-8-9(13)7-10(14-13)11(15)17-4-2/h9-10,14H,3-8H2,1-2H3. The molecule has 0 aromatic heterocycles. The lowest BCUT2D eigenvalue weighted by Crippen LogP contribution is -2.46. The Kier molecular flexibility index (Phi) is 3.90. The average Bonchev–Trinajstić information content (AvgIpc) is 2.93. The Hall–Kier alpha value is -1.10. The average molecular weight is 255 g/mol. The number of hydrogen-bond donors (Lipinski definition) is 1. The molecule has 5 heteroatoms. The summed E-state index contributed by atoms with van der Waals surface area (Å²) in [6.45, 7) is 4.67. The molecule has 2 aliphatic rings. The lowest BCUT2D eigenvalue weighted by molar-refractivity contribution is -0.149. The summed E-state index contributed by atoms with van der Waals surface area (Å²) in [5.74, 6) is -0.223. The van der Waals surface area contributed by atoms with Gasteiger partial charge in [0, 0.05) is 0 Å². The molecule has 1 heterocycles. The zero-order valence-electron chi connectivity index (χ0n) is 11.0. The maximum Gasteiger partial charge on any atom is 0.326 e. The van der Waals surface area contributed by atoms with Gasteiger partial charge in [0.05, 0.1) is 13.2 Å². The second-order valence-electron chi connectivity index (χ2n) is 5.05. The number of fused-ring (bicyclic) bond motifs is 1. The minimum absolute atomic E-state index is 0.201. The predicted molar refractivity (Wildman–Crippen MR) is 64.9 cm³/mol. The Morgan fingerprint density at radius 2 is 2.11 bits per heavy atom. The molecule has 102 valence electrons. The summed E-state index contributed by atoms with van der Waals surface area (Å²) in [5.41, 5.74) is -0.592. The van der Waals surface area contributed by atoms with Gasteiger partial charge in [-0.1, -0.05) is 13.3 Å². The minimum Gasteiger partial charge on any atom is -0.465 e. The van der Waals surface area contributed by atoms with Crippen LogP contribution in [0.15, 0.2) is 0 Å². The molecule has 18 heavy (non-hydrogen) atoms. The third-order valence-corrected chi connectivity index (χ3v) is 3.72. The van der Waals surface area contributed by atoms with E-state index in [0.717, 1.165) is 19.3 Å². The summed E-state index contributed by atoms with van der Waals surface area (Å²) in [6.07, 6.45) is 3.35. The van der Waals surface area contributed by atoms with Crippen LogP contribution in [0.1, 0.15) is 39.5 Å². The van der Waals surface area contributed by atoms with E-state index in [1.54, 1.807) is 6.92 Å². The van der Waals surface area contributed by atoms with Gasteiger partial charge in [0.25, 0.3) is 0 Å². The molecule has 3 atom stereocenters. The molecule has 0 amide bonds. The Bertz CT molecular complexity index is 344. The van der Waals surface area contributed by atoms with Crippen LogP contribution in [0.4, 0.5) is 0 Å². The number of unbranched alkanes of at least 4 members (excludes halogenated alkanes) is 1. The van der Waals surface area contributed by atoms with Crippen molar-refractivity contribution in [1.29, 1.82) is 0 Å². The molecule has 3 unspecified atom stereocenters. The van der Waals surface area contributed by atoms with E-state index in [0.29, 0.717) is 19.6 Å². The SMILES string of the molecule is CCCCOC(=O)C12CC1CC(C(=O)OCC)N2. The van der Waals surface area contributed by atoms with Gasteiger partial charge < -0.3 is 9.47 Å². The van der Waals surface area contributed by atoms with Gasteiger partial charge in [-0.3, -0.25) is 14.9 Å². The van der Waals surface area contributed by atoms with Crippen LogP contribution in [0.2, 0.25) is 0 Å². The number of carbonyl (C=O) groups is 2. The maximum atomic E-state index is 12.0. The maximum absolute atomic E-state index is 12.0. The highest BCUT2D eigenvalue weighted by Gasteiger charge is 2.67. The van der Waals surface area contributed by atoms with E-state index in [1.165, 1.54) is 0 Å². The molecule has 0 spiro atoms. The first-order valence-corrected chi connectivity index (χ1v) is 6.75. The van der Waals surface area contributed by atoms with Gasteiger partial charge in [0.2, 0.25) is 0 Å². The molecule has 0 radical (unpaired) electrons. The molecule has 0 aromatic rings. The van der Waals surface area contributed by atoms with Crippen LogP contribution in [0.5, 0.6) is 0 Å². The Balaban J connectivity index is 1.84. The van der Waals surface area contributed by atoms with E-state index in [1.807, 2.05) is 0 Å². The van der Waals surface area contributed by atoms with Gasteiger partial charge in [0.15, 0.2) is 0 Å². The molecule has 5 nitrogen and oxygen atoms in total. The molecule has 1 aliphatic heterocycles. The van der Waals surface area contributed by atoms with E-state index >= 15 is 0 Å². The number of rotatable bonds is 6. The first-order valence-electron chi connectivity index (χ1n) is 6.75. The fourth-order valence-corrected chi connectivity index (χ4v) is 2.59. The third-order valence-electron chi connectivity index (χ3n) is 3.72. The molecule has 1 aliphatic carbocycles. The van der Waals surface area contributed by atoms with Crippen molar-refractivity contribution in [3.63, 3.8) is 0 Å². The highest BCUT2D eigenvalue weighted by Crippen LogP contribution is 2.52. The molecule has 1 saturated heterocycles. The number of hydrogen-bond acceptors (Lipinski definition) is 5. The quantitative estimate of drug-likeness (QED) is 0.567. The smallest absolute Gasteiger partial charge is 0.326 e. The van der Waals surface area contributed by atoms with E-state index < -0.39 is 5.54 Å². The highest BCUT2D eigenvalue weighted by molar-refractivity contribution is 5.88. The predicted octanol–water partition coefficient (Wildman–Crippen LogP) is 1.01. The number of esters is 2. The van der Waals surface area contributed by atoms with Crippen molar-refractivity contribution < 1.29 is 19.1 Å². The van der Waals surface area contributed by atoms with Crippen molar-refractivity contribution in [2.75, 3.05) is 13.2 Å². The molecular weight excluding hydrogens is 234 g/mol. The van der Waals surface area contributed by atoms with Crippen LogP contribution in [-0.2, 0) is 19.1 Å². The Morgan fingerprint density at radius 3 is 2.78 bits per heavy atom. The van der Waals surface area contributed by atoms with Crippen molar-refractivity contribution in [3.05, 3.63) is 0 Å². The zero-order chi connectivity index (χ0) is 13.2. The van der Waals surface area contributed by atoms with Crippen molar-refractivity contribution in [2.45, 2.75) is 51.1 Å². The summed E-state index contributed by atoms with van der Waals surface area (Å²) >= 11 is 0. The summed E-state index contributed by atoms with van der Waals surface area (Å²) in [6, 6.07) is -0.345. The topological polar surface area (TPSA) is 64.6 Å². The van der Waals surface area contributed by atoms with Crippen LogP contribution in [0.25, 0.3) is 0 Å². The molecule has 0 bridgehead atoms. The van der Waals surface area contributed by atoms with Gasteiger partial charge in [-0.15, -0.1) is 0 Å². The monoisotopic (exact) mass is 255 g/mol. The highest BCUT2D eigenvalue weighted by atomic mass is 16.5. The largest absolute Gasteiger partial charge is 0.465 e. The zero-order valence-corrected chi connectivity index (χ0v) is 11.0.